The average Bonchev–Trinajstić information content (AvgIpc) is 3.21. The highest BCUT2D eigenvalue weighted by Gasteiger charge is 2.27. The maximum absolute atomic E-state index is 11.3. The van der Waals surface area contributed by atoms with Crippen molar-refractivity contribution in [1.29, 1.82) is 0 Å². The van der Waals surface area contributed by atoms with Gasteiger partial charge in [0.05, 0.1) is 6.20 Å². The van der Waals surface area contributed by atoms with E-state index in [1.807, 2.05) is 6.20 Å². The minimum atomic E-state index is -0.991. The molecule has 0 amide bonds. The van der Waals surface area contributed by atoms with Gasteiger partial charge in [0.25, 0.3) is 0 Å². The van der Waals surface area contributed by atoms with Crippen molar-refractivity contribution in [3.63, 3.8) is 0 Å². The fourth-order valence-electron chi connectivity index (χ4n) is 2.41. The van der Waals surface area contributed by atoms with Gasteiger partial charge in [0, 0.05) is 18.8 Å². The van der Waals surface area contributed by atoms with Crippen LogP contribution in [0.2, 0.25) is 5.15 Å². The minimum absolute atomic E-state index is 0.176. The van der Waals surface area contributed by atoms with Crippen molar-refractivity contribution in [2.75, 3.05) is 0 Å². The van der Waals surface area contributed by atoms with E-state index in [1.165, 1.54) is 19.0 Å². The first-order valence-electron chi connectivity index (χ1n) is 6.68. The molecule has 6 heteroatoms. The Balaban J connectivity index is 1.89. The zero-order chi connectivity index (χ0) is 14.3. The lowest BCUT2D eigenvalue weighted by Crippen LogP contribution is -2.27. The molecule has 1 saturated carbocycles. The molecule has 0 saturated heterocycles. The Bertz CT molecular complexity index is 664. The zero-order valence-corrected chi connectivity index (χ0v) is 11.9. The summed E-state index contributed by atoms with van der Waals surface area (Å²) in [6.07, 6.45) is 5.86. The quantitative estimate of drug-likeness (QED) is 0.889. The molecule has 0 aromatic carbocycles. The standard InChI is InChI=1S/C14H16ClN3O2/c1-8(10-2-3-10)16-5-9-4-11(14(19)20)13-17-6-12(15)18(13)7-9/h4,6-8,10,16H,2-3,5H2,1H3,(H,19,20)/t8-/m0/s1. The minimum Gasteiger partial charge on any atom is -0.478 e. The fraction of sp³-hybridized carbons (Fsp3) is 0.429. The van der Waals surface area contributed by atoms with Gasteiger partial charge in [-0.2, -0.15) is 0 Å². The molecule has 0 unspecified atom stereocenters. The van der Waals surface area contributed by atoms with Crippen LogP contribution < -0.4 is 5.32 Å². The Labute approximate surface area is 121 Å². The van der Waals surface area contributed by atoms with Gasteiger partial charge in [-0.05, 0) is 37.3 Å². The molecule has 0 bridgehead atoms. The number of fused-ring (bicyclic) bond motifs is 1. The molecule has 2 N–H and O–H groups in total. The molecule has 0 aliphatic heterocycles. The van der Waals surface area contributed by atoms with Gasteiger partial charge in [-0.15, -0.1) is 0 Å². The van der Waals surface area contributed by atoms with Crippen LogP contribution in [-0.4, -0.2) is 26.5 Å². The van der Waals surface area contributed by atoms with Gasteiger partial charge in [-0.25, -0.2) is 9.78 Å². The number of hydrogen-bond acceptors (Lipinski definition) is 3. The van der Waals surface area contributed by atoms with E-state index < -0.39 is 5.97 Å². The van der Waals surface area contributed by atoms with Crippen molar-refractivity contribution >= 4 is 23.2 Å². The normalized spacial score (nSPS) is 16.5. The highest BCUT2D eigenvalue weighted by Crippen LogP contribution is 2.32. The second kappa shape index (κ2) is 5.07. The lowest BCUT2D eigenvalue weighted by Gasteiger charge is -2.13. The van der Waals surface area contributed by atoms with E-state index in [0.29, 0.717) is 23.4 Å². The molecule has 5 nitrogen and oxygen atoms in total. The van der Waals surface area contributed by atoms with E-state index in [0.717, 1.165) is 11.5 Å². The molecular weight excluding hydrogens is 278 g/mol. The Morgan fingerprint density at radius 2 is 2.40 bits per heavy atom. The summed E-state index contributed by atoms with van der Waals surface area (Å²) in [4.78, 5) is 15.4. The van der Waals surface area contributed by atoms with Crippen LogP contribution in [-0.2, 0) is 6.54 Å². The van der Waals surface area contributed by atoms with E-state index in [-0.39, 0.29) is 5.56 Å². The second-order valence-corrected chi connectivity index (χ2v) is 5.74. The summed E-state index contributed by atoms with van der Waals surface area (Å²) in [6.45, 7) is 2.79. The molecule has 1 aliphatic rings. The number of nitrogens with one attached hydrogen (secondary N) is 1. The third kappa shape index (κ3) is 2.51. The monoisotopic (exact) mass is 293 g/mol. The Hall–Kier alpha value is -1.59. The maximum atomic E-state index is 11.3. The van der Waals surface area contributed by atoms with Crippen molar-refractivity contribution in [3.8, 4) is 0 Å². The smallest absolute Gasteiger partial charge is 0.339 e. The van der Waals surface area contributed by atoms with Crippen LogP contribution >= 0.6 is 11.6 Å². The Morgan fingerprint density at radius 1 is 1.65 bits per heavy atom. The summed E-state index contributed by atoms with van der Waals surface area (Å²) in [7, 11) is 0. The van der Waals surface area contributed by atoms with Gasteiger partial charge in [0.1, 0.15) is 10.7 Å². The van der Waals surface area contributed by atoms with Crippen molar-refractivity contribution < 1.29 is 9.90 Å². The number of halogens is 1. The van der Waals surface area contributed by atoms with Gasteiger partial charge in [0.15, 0.2) is 5.65 Å². The summed E-state index contributed by atoms with van der Waals surface area (Å²) in [6, 6.07) is 2.12. The lowest BCUT2D eigenvalue weighted by atomic mass is 10.1. The summed E-state index contributed by atoms with van der Waals surface area (Å²) in [5, 5.41) is 13.1. The van der Waals surface area contributed by atoms with Crippen LogP contribution in [0.5, 0.6) is 0 Å². The molecule has 0 spiro atoms. The number of nitrogens with zero attached hydrogens (tertiary/aromatic N) is 2. The van der Waals surface area contributed by atoms with Crippen molar-refractivity contribution in [2.45, 2.75) is 32.4 Å². The summed E-state index contributed by atoms with van der Waals surface area (Å²) >= 11 is 6.03. The molecule has 1 aliphatic carbocycles. The number of rotatable bonds is 5. The van der Waals surface area contributed by atoms with Gasteiger partial charge in [-0.1, -0.05) is 11.6 Å². The Kier molecular flexibility index (Phi) is 3.40. The number of imidazole rings is 1. The van der Waals surface area contributed by atoms with Crippen LogP contribution in [0.1, 0.15) is 35.7 Å². The summed E-state index contributed by atoms with van der Waals surface area (Å²) in [5.74, 6) is -0.233. The number of aromatic nitrogens is 2. The van der Waals surface area contributed by atoms with Crippen molar-refractivity contribution in [2.24, 2.45) is 5.92 Å². The first kappa shape index (κ1) is 13.4. The maximum Gasteiger partial charge on any atom is 0.339 e. The van der Waals surface area contributed by atoms with E-state index in [1.54, 1.807) is 10.5 Å². The number of carboxylic acid groups (broad SMARTS) is 1. The van der Waals surface area contributed by atoms with Gasteiger partial charge < -0.3 is 10.4 Å². The van der Waals surface area contributed by atoms with Crippen LogP contribution in [0.25, 0.3) is 5.65 Å². The predicted octanol–water partition coefficient (Wildman–Crippen LogP) is 2.57. The topological polar surface area (TPSA) is 66.6 Å². The van der Waals surface area contributed by atoms with Crippen LogP contribution in [0.15, 0.2) is 18.5 Å². The fourth-order valence-corrected chi connectivity index (χ4v) is 2.59. The predicted molar refractivity (Wildman–Crippen MR) is 76.2 cm³/mol. The SMILES string of the molecule is C[C@H](NCc1cc(C(=O)O)c2ncc(Cl)n2c1)C1CC1. The largest absolute Gasteiger partial charge is 0.478 e. The van der Waals surface area contributed by atoms with Gasteiger partial charge >= 0.3 is 5.97 Å². The van der Waals surface area contributed by atoms with E-state index in [2.05, 4.69) is 17.2 Å². The molecule has 2 aromatic rings. The molecule has 2 aromatic heterocycles. The summed E-state index contributed by atoms with van der Waals surface area (Å²) < 4.78 is 1.61. The molecular formula is C14H16ClN3O2. The highest BCUT2D eigenvalue weighted by molar-refractivity contribution is 6.29. The van der Waals surface area contributed by atoms with Crippen LogP contribution in [0.3, 0.4) is 0 Å². The molecule has 1 atom stereocenters. The summed E-state index contributed by atoms with van der Waals surface area (Å²) in [5.41, 5.74) is 1.44. The highest BCUT2D eigenvalue weighted by atomic mass is 35.5. The number of carbonyl (C=O) groups is 1. The average molecular weight is 294 g/mol. The molecule has 2 heterocycles. The number of hydrogen-bond donors (Lipinski definition) is 2. The molecule has 3 rings (SSSR count). The second-order valence-electron chi connectivity index (χ2n) is 5.35. The van der Waals surface area contributed by atoms with E-state index in [9.17, 15) is 9.90 Å². The van der Waals surface area contributed by atoms with E-state index >= 15 is 0 Å². The molecule has 0 radical (unpaired) electrons. The third-order valence-corrected chi connectivity index (χ3v) is 4.08. The lowest BCUT2D eigenvalue weighted by molar-refractivity contribution is 0.0698. The molecule has 106 valence electrons. The first-order valence-corrected chi connectivity index (χ1v) is 7.06. The molecule has 1 fully saturated rings. The third-order valence-electron chi connectivity index (χ3n) is 3.80. The molecule has 20 heavy (non-hydrogen) atoms. The number of pyridine rings is 1. The Morgan fingerprint density at radius 3 is 3.05 bits per heavy atom. The van der Waals surface area contributed by atoms with Crippen molar-refractivity contribution in [1.82, 2.24) is 14.7 Å². The first-order chi connectivity index (χ1) is 9.56. The van der Waals surface area contributed by atoms with Gasteiger partial charge in [-0.3, -0.25) is 4.40 Å². The zero-order valence-electron chi connectivity index (χ0n) is 11.1. The van der Waals surface area contributed by atoms with E-state index in [4.69, 9.17) is 11.6 Å². The van der Waals surface area contributed by atoms with Gasteiger partial charge in [0.2, 0.25) is 0 Å². The number of aromatic carboxylic acids is 1. The van der Waals surface area contributed by atoms with Crippen LogP contribution in [0.4, 0.5) is 0 Å². The number of carboxylic acids is 1. The van der Waals surface area contributed by atoms with Crippen LogP contribution in [0, 0.1) is 5.92 Å². The van der Waals surface area contributed by atoms with Crippen molar-refractivity contribution in [3.05, 3.63) is 34.7 Å².